The highest BCUT2D eigenvalue weighted by molar-refractivity contribution is 4.82. The van der Waals surface area contributed by atoms with Crippen LogP contribution in [0.2, 0.25) is 0 Å². The number of hydrogen-bond acceptors (Lipinski definition) is 0. The summed E-state index contributed by atoms with van der Waals surface area (Å²) in [6.45, 7) is 50.3. The predicted octanol–water partition coefficient (Wildman–Crippen LogP) is 23.3. The second-order valence-corrected chi connectivity index (χ2v) is 26.6. The zero-order chi connectivity index (χ0) is 67.9. The number of halogens is 3. The van der Waals surface area contributed by atoms with Crippen molar-refractivity contribution in [3.8, 4) is 0 Å². The SMILES string of the molecule is [2H]C([2H])(C(C)(C)C)C(C)(C)C.[2H]C([2H])(C(C)(C)C)C(C)(C)C(F)(F)F.[2H]C([2H])(C(C)C)C(C)(C)C.[2H]C([2H])(C)C([2H])([2H])C(C)(C)C.[2H]C([2H])([2H])C([2H])(C([2H])([2H])C)C(C)(C)C.[2H]C1(C(C)(C)C)CCCC1.[2H]C1(C(C)(C)C)CCCCC1. The van der Waals surface area contributed by atoms with Crippen molar-refractivity contribution in [2.24, 2.45) is 72.3 Å². The first-order valence-corrected chi connectivity index (χ1v) is 24.2. The third-order valence-corrected chi connectivity index (χ3v) is 9.15. The van der Waals surface area contributed by atoms with E-state index in [2.05, 4.69) is 41.5 Å². The highest BCUT2D eigenvalue weighted by Gasteiger charge is 2.48. The molecule has 0 aromatic rings. The van der Waals surface area contributed by atoms with Gasteiger partial charge in [0.1, 0.15) is 0 Å². The predicted molar refractivity (Wildman–Crippen MR) is 287 cm³/mol. The maximum atomic E-state index is 12.6. The Bertz CT molecular complexity index is 1640. The normalized spacial score (nSPS) is 24.1. The highest BCUT2D eigenvalue weighted by Crippen LogP contribution is 2.45. The minimum Gasteiger partial charge on any atom is -0.171 e. The standard InChI is InChI=1S/C10H20.C9H17F3.C9H18.C9H20.2C8H18.C7H16/c1-10(2,3)9-7-5-4-6-8-9;1-7(2,3)6-8(4,5)9(10,11)12;1-9(2,3)8-6-4-5-7-8;1-8(2,3)7-9(4,5)6;1-7(2)6-8(3,4)5;1-6-7(2)8(3,4)5;1-5-6-7(2,3)4/h9H,4-8H2,1-3H3;6H2,1-5H3;8H,4-7H2,1-3H3;7H2,1-6H3;2*7H,6H2,1-5H3;5-6H2,1-4H3/i9D;6D2;8D;7D2;6D2;2D3,6D2,7D;5D2,6D2. The summed E-state index contributed by atoms with van der Waals surface area (Å²) in [4.78, 5) is 0. The molecular weight excluding hydrogens is 778 g/mol. The Balaban J connectivity index is -0.000000278. The molecule has 2 aliphatic rings. The largest absolute Gasteiger partial charge is 0.393 e. The first-order chi connectivity index (χ1) is 34.1. The van der Waals surface area contributed by atoms with Gasteiger partial charge in [0.25, 0.3) is 0 Å². The summed E-state index contributed by atoms with van der Waals surface area (Å²) in [5, 5.41) is 0. The number of hydrogen-bond donors (Lipinski definition) is 0. The van der Waals surface area contributed by atoms with Crippen LogP contribution in [0.15, 0.2) is 0 Å². The molecule has 2 rings (SSSR count). The van der Waals surface area contributed by atoms with Crippen LogP contribution in [0.1, 0.15) is 335 Å². The van der Waals surface area contributed by atoms with Crippen molar-refractivity contribution in [3.05, 3.63) is 0 Å². The summed E-state index contributed by atoms with van der Waals surface area (Å²) < 4.78 is 175. The van der Waals surface area contributed by atoms with E-state index >= 15 is 0 Å². The lowest BCUT2D eigenvalue weighted by Crippen LogP contribution is -2.35. The fourth-order valence-electron chi connectivity index (χ4n) is 7.03. The Kier molecular flexibility index (Phi) is 20.1. The lowest BCUT2D eigenvalue weighted by atomic mass is 9.72. The molecule has 0 aliphatic heterocycles. The van der Waals surface area contributed by atoms with E-state index < -0.39 is 78.8 Å². The quantitative estimate of drug-likeness (QED) is 0.264. The molecule has 0 saturated heterocycles. The van der Waals surface area contributed by atoms with E-state index in [9.17, 15) is 13.2 Å². The van der Waals surface area contributed by atoms with Gasteiger partial charge in [-0.1, -0.05) is 259 Å². The van der Waals surface area contributed by atoms with E-state index in [0.717, 1.165) is 46.5 Å². The Morgan fingerprint density at radius 2 is 0.825 bits per heavy atom. The molecule has 1 unspecified atom stereocenters. The fourth-order valence-corrected chi connectivity index (χ4v) is 7.03. The van der Waals surface area contributed by atoms with Gasteiger partial charge in [-0.15, -0.1) is 0 Å². The van der Waals surface area contributed by atoms with E-state index in [1.165, 1.54) is 59.8 Å². The van der Waals surface area contributed by atoms with Crippen molar-refractivity contribution in [2.45, 2.75) is 317 Å². The van der Waals surface area contributed by atoms with Crippen LogP contribution in [0, 0.1) is 72.3 Å². The molecule has 0 radical (unpaired) electrons. The summed E-state index contributed by atoms with van der Waals surface area (Å²) in [5.74, 6) is -2.27. The second-order valence-electron chi connectivity index (χ2n) is 26.6. The summed E-state index contributed by atoms with van der Waals surface area (Å²) in [5.41, 5.74) is -5.47. The Hall–Kier alpha value is -0.210. The minimum absolute atomic E-state index is 0.0903. The molecule has 1 atom stereocenters. The van der Waals surface area contributed by atoms with Crippen molar-refractivity contribution in [1.29, 1.82) is 0 Å². The molecule has 0 nitrogen and oxygen atoms in total. The Morgan fingerprint density at radius 1 is 0.508 bits per heavy atom. The lowest BCUT2D eigenvalue weighted by molar-refractivity contribution is -0.220. The first-order valence-electron chi connectivity index (χ1n) is 33.2. The van der Waals surface area contributed by atoms with Crippen molar-refractivity contribution in [1.82, 2.24) is 0 Å². The molecule has 63 heavy (non-hydrogen) atoms. The zero-order valence-electron chi connectivity index (χ0n) is 66.1. The molecule has 0 spiro atoms. The average molecular weight is 924 g/mol. The van der Waals surface area contributed by atoms with Crippen LogP contribution in [-0.4, -0.2) is 6.18 Å². The van der Waals surface area contributed by atoms with Gasteiger partial charge in [-0.05, 0) is 118 Å². The van der Waals surface area contributed by atoms with E-state index in [-0.39, 0.29) is 44.8 Å². The Morgan fingerprint density at radius 3 is 0.905 bits per heavy atom. The molecule has 2 aliphatic carbocycles. The van der Waals surface area contributed by atoms with Gasteiger partial charge in [-0.25, -0.2) is 0 Å². The number of alkyl halides is 3. The molecule has 0 aromatic carbocycles. The molecule has 2 saturated carbocycles. The minimum atomic E-state index is -4.54. The van der Waals surface area contributed by atoms with Crippen LogP contribution in [0.25, 0.3) is 0 Å². The van der Waals surface area contributed by atoms with Crippen LogP contribution in [-0.2, 0) is 0 Å². The van der Waals surface area contributed by atoms with Crippen molar-refractivity contribution in [3.63, 3.8) is 0 Å². The van der Waals surface area contributed by atoms with Crippen molar-refractivity contribution >= 4 is 0 Å². The smallest absolute Gasteiger partial charge is 0.171 e. The van der Waals surface area contributed by atoms with Gasteiger partial charge in [0.05, 0.1) is 5.41 Å². The summed E-state index contributed by atoms with van der Waals surface area (Å²) >= 11 is 0. The van der Waals surface area contributed by atoms with Crippen LogP contribution < -0.4 is 0 Å². The molecule has 2 fully saturated rings. The van der Waals surface area contributed by atoms with Gasteiger partial charge in [-0.3, -0.25) is 0 Å². The molecular formula is C60H127F3. The van der Waals surface area contributed by atoms with Crippen LogP contribution in [0.4, 0.5) is 13.2 Å². The molecule has 3 heteroatoms. The van der Waals surface area contributed by atoms with E-state index in [1.807, 2.05) is 76.2 Å². The highest BCUT2D eigenvalue weighted by atomic mass is 19.4. The van der Waals surface area contributed by atoms with Gasteiger partial charge in [-0.2, -0.15) is 13.2 Å². The molecule has 0 N–H and O–H groups in total. The average Bonchev–Trinajstić information content (AvgIpc) is 3.62. The van der Waals surface area contributed by atoms with Gasteiger partial charge < -0.3 is 0 Å². The van der Waals surface area contributed by atoms with Crippen molar-refractivity contribution < 1.29 is 37.8 Å². The molecule has 0 aromatic heterocycles. The maximum Gasteiger partial charge on any atom is 0.393 e. The fraction of sp³-hybridized carbons (Fsp3) is 1.00. The van der Waals surface area contributed by atoms with Gasteiger partial charge in [0.15, 0.2) is 0 Å². The Labute approximate surface area is 426 Å². The van der Waals surface area contributed by atoms with Gasteiger partial charge >= 0.3 is 6.18 Å². The van der Waals surface area contributed by atoms with Crippen molar-refractivity contribution in [2.75, 3.05) is 0 Å². The molecule has 0 heterocycles. The second kappa shape index (κ2) is 30.3. The molecule has 388 valence electrons. The maximum absolute atomic E-state index is 12.6. The monoisotopic (exact) mass is 923 g/mol. The van der Waals surface area contributed by atoms with Crippen LogP contribution >= 0.6 is 0 Å². The van der Waals surface area contributed by atoms with E-state index in [4.69, 9.17) is 24.7 Å². The summed E-state index contributed by atoms with van der Waals surface area (Å²) in [6, 6.07) is 0. The van der Waals surface area contributed by atoms with E-state index in [0.29, 0.717) is 0 Å². The lowest BCUT2D eigenvalue weighted by Gasteiger charge is -2.34. The number of rotatable bonds is 4. The zero-order valence-corrected chi connectivity index (χ0v) is 48.1. The molecule has 0 amide bonds. The third-order valence-electron chi connectivity index (χ3n) is 9.15. The van der Waals surface area contributed by atoms with Crippen LogP contribution in [0.3, 0.4) is 0 Å². The summed E-state index contributed by atoms with van der Waals surface area (Å²) in [7, 11) is 0. The van der Waals surface area contributed by atoms with Crippen LogP contribution in [0.5, 0.6) is 0 Å². The third kappa shape index (κ3) is 52.6. The topological polar surface area (TPSA) is 0 Å². The van der Waals surface area contributed by atoms with Gasteiger partial charge in [0, 0.05) is 24.7 Å². The van der Waals surface area contributed by atoms with Gasteiger partial charge in [0.2, 0.25) is 0 Å². The van der Waals surface area contributed by atoms with E-state index in [1.54, 1.807) is 41.5 Å². The first kappa shape index (κ1) is 41.7. The molecule has 0 bridgehead atoms. The summed E-state index contributed by atoms with van der Waals surface area (Å²) in [6.07, 6.45) is -3.85.